The molecule has 0 radical (unpaired) electrons. The van der Waals surface area contributed by atoms with Crippen molar-refractivity contribution in [3.8, 4) is 0 Å². The van der Waals surface area contributed by atoms with Crippen LogP contribution in [0.15, 0.2) is 6.07 Å². The molecule has 0 aromatic carbocycles. The predicted molar refractivity (Wildman–Crippen MR) is 76.1 cm³/mol. The van der Waals surface area contributed by atoms with Crippen LogP contribution in [0.25, 0.3) is 0 Å². The van der Waals surface area contributed by atoms with Gasteiger partial charge in [-0.1, -0.05) is 0 Å². The Labute approximate surface area is 122 Å². The Morgan fingerprint density at radius 3 is 2.45 bits per heavy atom. The lowest BCUT2D eigenvalue weighted by molar-refractivity contribution is -0.148. The van der Waals surface area contributed by atoms with Gasteiger partial charge in [-0.3, -0.25) is 4.90 Å². The lowest BCUT2D eigenvalue weighted by Gasteiger charge is -2.32. The fraction of sp³-hybridized carbons (Fsp3) is 0.714. The zero-order chi connectivity index (χ0) is 14.8. The molecular weight excluding hydrogens is 285 g/mol. The molecule has 0 spiro atoms. The molecule has 114 valence electrons. The minimum absolute atomic E-state index is 0.335. The van der Waals surface area contributed by atoms with Crippen LogP contribution in [0.5, 0.6) is 0 Å². The van der Waals surface area contributed by atoms with Crippen LogP contribution in [0, 0.1) is 13.8 Å². The van der Waals surface area contributed by atoms with Gasteiger partial charge < -0.3 is 5.32 Å². The summed E-state index contributed by atoms with van der Waals surface area (Å²) in [6, 6.07) is 2.52. The summed E-state index contributed by atoms with van der Waals surface area (Å²) < 4.78 is 36.9. The summed E-state index contributed by atoms with van der Waals surface area (Å²) in [6.07, 6.45) is -2.49. The van der Waals surface area contributed by atoms with Crippen molar-refractivity contribution >= 4 is 11.3 Å². The summed E-state index contributed by atoms with van der Waals surface area (Å²) in [6.45, 7) is 5.32. The van der Waals surface area contributed by atoms with E-state index < -0.39 is 12.7 Å². The summed E-state index contributed by atoms with van der Waals surface area (Å²) in [5.41, 5.74) is 1.31. The minimum Gasteiger partial charge on any atom is -0.309 e. The van der Waals surface area contributed by atoms with Crippen LogP contribution in [0.2, 0.25) is 0 Å². The highest BCUT2D eigenvalue weighted by molar-refractivity contribution is 7.12. The first kappa shape index (κ1) is 15.8. The number of likely N-dealkylation sites (tertiary alicyclic amines) is 1. The molecule has 0 bridgehead atoms. The molecule has 0 atom stereocenters. The Kier molecular flexibility index (Phi) is 5.09. The lowest BCUT2D eigenvalue weighted by atomic mass is 10.1. The number of alkyl halides is 3. The van der Waals surface area contributed by atoms with Crippen LogP contribution >= 0.6 is 11.3 Å². The Balaban J connectivity index is 1.72. The number of piperidine rings is 1. The van der Waals surface area contributed by atoms with Gasteiger partial charge in [-0.2, -0.15) is 13.2 Å². The van der Waals surface area contributed by atoms with Crippen molar-refractivity contribution in [2.24, 2.45) is 0 Å². The van der Waals surface area contributed by atoms with Gasteiger partial charge >= 0.3 is 6.18 Å². The van der Waals surface area contributed by atoms with Crippen molar-refractivity contribution in [1.29, 1.82) is 0 Å². The SMILES string of the molecule is Cc1cc(CNC2CCN(CC(F)(F)F)CC2)sc1C. The van der Waals surface area contributed by atoms with Gasteiger partial charge in [0.05, 0.1) is 6.54 Å². The van der Waals surface area contributed by atoms with Gasteiger partial charge in [0.25, 0.3) is 0 Å². The number of thiophene rings is 1. The highest BCUT2D eigenvalue weighted by atomic mass is 32.1. The van der Waals surface area contributed by atoms with Crippen molar-refractivity contribution in [3.05, 3.63) is 21.4 Å². The second kappa shape index (κ2) is 6.45. The number of nitrogens with one attached hydrogen (secondary N) is 1. The van der Waals surface area contributed by atoms with Crippen molar-refractivity contribution in [2.75, 3.05) is 19.6 Å². The van der Waals surface area contributed by atoms with Gasteiger partial charge in [0, 0.05) is 22.3 Å². The van der Waals surface area contributed by atoms with Gasteiger partial charge in [0.2, 0.25) is 0 Å². The van der Waals surface area contributed by atoms with E-state index in [1.165, 1.54) is 20.2 Å². The highest BCUT2D eigenvalue weighted by Crippen LogP contribution is 2.22. The third kappa shape index (κ3) is 4.75. The van der Waals surface area contributed by atoms with E-state index in [1.807, 2.05) is 0 Å². The molecule has 1 aliphatic rings. The van der Waals surface area contributed by atoms with E-state index in [-0.39, 0.29) is 0 Å². The molecule has 0 aliphatic carbocycles. The average Bonchev–Trinajstić information content (AvgIpc) is 2.66. The smallest absolute Gasteiger partial charge is 0.309 e. The molecule has 1 saturated heterocycles. The topological polar surface area (TPSA) is 15.3 Å². The summed E-state index contributed by atoms with van der Waals surface area (Å²) in [7, 11) is 0. The maximum atomic E-state index is 12.3. The summed E-state index contributed by atoms with van der Waals surface area (Å²) in [5, 5.41) is 3.46. The van der Waals surface area contributed by atoms with E-state index in [0.717, 1.165) is 19.4 Å². The maximum absolute atomic E-state index is 12.3. The summed E-state index contributed by atoms with van der Waals surface area (Å²) >= 11 is 1.79. The zero-order valence-electron chi connectivity index (χ0n) is 11.9. The number of hydrogen-bond acceptors (Lipinski definition) is 3. The van der Waals surface area contributed by atoms with Crippen LogP contribution in [0.1, 0.15) is 28.2 Å². The van der Waals surface area contributed by atoms with Crippen molar-refractivity contribution in [3.63, 3.8) is 0 Å². The van der Waals surface area contributed by atoms with E-state index in [1.54, 1.807) is 11.3 Å². The van der Waals surface area contributed by atoms with E-state index in [2.05, 4.69) is 25.2 Å². The summed E-state index contributed by atoms with van der Waals surface area (Å²) in [4.78, 5) is 4.14. The summed E-state index contributed by atoms with van der Waals surface area (Å²) in [5.74, 6) is 0. The fourth-order valence-electron chi connectivity index (χ4n) is 2.53. The van der Waals surface area contributed by atoms with Gasteiger partial charge in [0.15, 0.2) is 0 Å². The zero-order valence-corrected chi connectivity index (χ0v) is 12.7. The average molecular weight is 306 g/mol. The molecule has 1 N–H and O–H groups in total. The van der Waals surface area contributed by atoms with Crippen molar-refractivity contribution < 1.29 is 13.2 Å². The van der Waals surface area contributed by atoms with E-state index in [4.69, 9.17) is 0 Å². The third-order valence-corrected chi connectivity index (χ3v) is 4.92. The van der Waals surface area contributed by atoms with E-state index in [0.29, 0.717) is 19.1 Å². The first-order valence-electron chi connectivity index (χ1n) is 6.92. The van der Waals surface area contributed by atoms with Gasteiger partial charge in [-0.25, -0.2) is 0 Å². The molecule has 6 heteroatoms. The van der Waals surface area contributed by atoms with E-state index >= 15 is 0 Å². The molecule has 2 nitrogen and oxygen atoms in total. The fourth-order valence-corrected chi connectivity index (χ4v) is 3.53. The number of aryl methyl sites for hydroxylation is 2. The number of hydrogen-bond donors (Lipinski definition) is 1. The van der Waals surface area contributed by atoms with Crippen LogP contribution in [-0.4, -0.2) is 36.8 Å². The molecule has 0 saturated carbocycles. The van der Waals surface area contributed by atoms with Crippen LogP contribution < -0.4 is 5.32 Å². The standard InChI is InChI=1S/C14H21F3N2S/c1-10-7-13(20-11(10)2)8-18-12-3-5-19(6-4-12)9-14(15,16)17/h7,12,18H,3-6,8-9H2,1-2H3. The minimum atomic E-state index is -4.08. The second-order valence-corrected chi connectivity index (χ2v) is 6.84. The number of nitrogens with zero attached hydrogens (tertiary/aromatic N) is 1. The molecule has 0 amide bonds. The molecule has 20 heavy (non-hydrogen) atoms. The van der Waals surface area contributed by atoms with Crippen LogP contribution in [0.3, 0.4) is 0 Å². The van der Waals surface area contributed by atoms with Gasteiger partial charge in [0.1, 0.15) is 0 Å². The Morgan fingerprint density at radius 2 is 1.95 bits per heavy atom. The van der Waals surface area contributed by atoms with Crippen LogP contribution in [0.4, 0.5) is 13.2 Å². The monoisotopic (exact) mass is 306 g/mol. The molecule has 2 rings (SSSR count). The van der Waals surface area contributed by atoms with Gasteiger partial charge in [-0.15, -0.1) is 11.3 Å². The van der Waals surface area contributed by atoms with Crippen LogP contribution in [-0.2, 0) is 6.54 Å². The normalized spacial score (nSPS) is 18.6. The molecule has 0 unspecified atom stereocenters. The molecule has 1 fully saturated rings. The predicted octanol–water partition coefficient (Wildman–Crippen LogP) is 3.48. The lowest BCUT2D eigenvalue weighted by Crippen LogP contribution is -2.45. The largest absolute Gasteiger partial charge is 0.401 e. The Morgan fingerprint density at radius 1 is 1.30 bits per heavy atom. The third-order valence-electron chi connectivity index (χ3n) is 3.77. The highest BCUT2D eigenvalue weighted by Gasteiger charge is 2.32. The first-order valence-corrected chi connectivity index (χ1v) is 7.73. The molecule has 1 aliphatic heterocycles. The molecular formula is C14H21F3N2S. The maximum Gasteiger partial charge on any atom is 0.401 e. The molecule has 1 aromatic rings. The quantitative estimate of drug-likeness (QED) is 0.916. The van der Waals surface area contributed by atoms with Crippen molar-refractivity contribution in [1.82, 2.24) is 10.2 Å². The van der Waals surface area contributed by atoms with E-state index in [9.17, 15) is 13.2 Å². The van der Waals surface area contributed by atoms with Crippen molar-refractivity contribution in [2.45, 2.75) is 45.5 Å². The Bertz CT molecular complexity index is 415. The number of rotatable bonds is 4. The molecule has 2 heterocycles. The van der Waals surface area contributed by atoms with Gasteiger partial charge in [-0.05, 0) is 51.4 Å². The molecule has 1 aromatic heterocycles. The first-order chi connectivity index (χ1) is 9.33. The Hall–Kier alpha value is -0.590. The number of halogens is 3. The second-order valence-electron chi connectivity index (χ2n) is 5.50.